The molecule has 2 heteroatoms. The van der Waals surface area contributed by atoms with Gasteiger partial charge in [-0.3, -0.25) is 0 Å². The highest BCUT2D eigenvalue weighted by atomic mass is 32.2. The number of nitrogens with one attached hydrogen (secondary N) is 1. The summed E-state index contributed by atoms with van der Waals surface area (Å²) in [5, 5.41) is 4.37. The molecule has 4 unspecified atom stereocenters. The van der Waals surface area contributed by atoms with Gasteiger partial charge in [0.15, 0.2) is 0 Å². The van der Waals surface area contributed by atoms with Crippen LogP contribution in [0.15, 0.2) is 0 Å². The average Bonchev–Trinajstić information content (AvgIpc) is 2.34. The molecule has 0 amide bonds. The molecule has 1 N–H and O–H groups in total. The van der Waals surface area contributed by atoms with Gasteiger partial charge in [-0.25, -0.2) is 0 Å². The van der Waals surface area contributed by atoms with Crippen LogP contribution in [0.1, 0.15) is 60.3 Å². The van der Waals surface area contributed by atoms with Crippen molar-refractivity contribution in [3.05, 3.63) is 0 Å². The lowest BCUT2D eigenvalue weighted by atomic mass is 9.71. The Labute approximate surface area is 119 Å². The Morgan fingerprint density at radius 3 is 2.44 bits per heavy atom. The van der Waals surface area contributed by atoms with Crippen molar-refractivity contribution in [3.63, 3.8) is 0 Å². The molecule has 0 aromatic heterocycles. The molecule has 1 rings (SSSR count). The van der Waals surface area contributed by atoms with E-state index in [1.807, 2.05) is 0 Å². The van der Waals surface area contributed by atoms with Gasteiger partial charge in [-0.05, 0) is 49.3 Å². The molecular formula is C16H33NS. The van der Waals surface area contributed by atoms with Gasteiger partial charge in [-0.2, -0.15) is 11.8 Å². The van der Waals surface area contributed by atoms with Crippen LogP contribution in [0.2, 0.25) is 0 Å². The van der Waals surface area contributed by atoms with Gasteiger partial charge >= 0.3 is 0 Å². The molecule has 1 saturated carbocycles. The summed E-state index contributed by atoms with van der Waals surface area (Å²) in [6.45, 7) is 11.9. The van der Waals surface area contributed by atoms with Crippen molar-refractivity contribution >= 4 is 11.8 Å². The lowest BCUT2D eigenvalue weighted by Crippen LogP contribution is -2.43. The standard InChI is InChI=1S/C16H33NS/c1-7-12(2)11-18-15-10-13(16(3,4)5)8-9-14(15)17-6/h12-15,17H,7-11H2,1-6H3. The van der Waals surface area contributed by atoms with Crippen molar-refractivity contribution in [2.75, 3.05) is 12.8 Å². The minimum Gasteiger partial charge on any atom is -0.316 e. The van der Waals surface area contributed by atoms with Crippen LogP contribution < -0.4 is 5.32 Å². The van der Waals surface area contributed by atoms with E-state index in [1.54, 1.807) is 0 Å². The molecule has 0 radical (unpaired) electrons. The first kappa shape index (κ1) is 16.4. The third-order valence-electron chi connectivity index (χ3n) is 4.68. The fourth-order valence-electron chi connectivity index (χ4n) is 2.84. The largest absolute Gasteiger partial charge is 0.316 e. The highest BCUT2D eigenvalue weighted by Crippen LogP contribution is 2.41. The Kier molecular flexibility index (Phi) is 6.54. The van der Waals surface area contributed by atoms with Crippen LogP contribution in [-0.2, 0) is 0 Å². The molecular weight excluding hydrogens is 238 g/mol. The van der Waals surface area contributed by atoms with Gasteiger partial charge in [0.1, 0.15) is 0 Å². The smallest absolute Gasteiger partial charge is 0.0204 e. The second kappa shape index (κ2) is 7.19. The number of hydrogen-bond acceptors (Lipinski definition) is 2. The summed E-state index contributed by atoms with van der Waals surface area (Å²) in [5.41, 5.74) is 0.480. The van der Waals surface area contributed by atoms with E-state index in [9.17, 15) is 0 Å². The molecule has 108 valence electrons. The molecule has 0 heterocycles. The second-order valence-corrected chi connectivity index (χ2v) is 8.43. The molecule has 1 aliphatic rings. The predicted octanol–water partition coefficient (Wildman–Crippen LogP) is 4.57. The van der Waals surface area contributed by atoms with Crippen LogP contribution >= 0.6 is 11.8 Å². The molecule has 0 spiro atoms. The van der Waals surface area contributed by atoms with E-state index in [4.69, 9.17) is 0 Å². The van der Waals surface area contributed by atoms with E-state index in [0.29, 0.717) is 5.41 Å². The van der Waals surface area contributed by atoms with E-state index in [0.717, 1.165) is 23.1 Å². The lowest BCUT2D eigenvalue weighted by molar-refractivity contribution is 0.167. The van der Waals surface area contributed by atoms with Gasteiger partial charge in [0.2, 0.25) is 0 Å². The van der Waals surface area contributed by atoms with Crippen LogP contribution in [0, 0.1) is 17.3 Å². The zero-order valence-corrected chi connectivity index (χ0v) is 14.1. The molecule has 0 bridgehead atoms. The minimum absolute atomic E-state index is 0.480. The third kappa shape index (κ3) is 4.77. The SMILES string of the molecule is CCC(C)CSC1CC(C(C)(C)C)CCC1NC. The number of hydrogen-bond donors (Lipinski definition) is 1. The van der Waals surface area contributed by atoms with Gasteiger partial charge in [-0.15, -0.1) is 0 Å². The summed E-state index contributed by atoms with van der Waals surface area (Å²) in [6, 6.07) is 0.734. The zero-order valence-electron chi connectivity index (χ0n) is 13.3. The zero-order chi connectivity index (χ0) is 13.8. The predicted molar refractivity (Wildman–Crippen MR) is 85.3 cm³/mol. The molecule has 1 aliphatic carbocycles. The molecule has 0 aromatic carbocycles. The van der Waals surface area contributed by atoms with E-state index in [-0.39, 0.29) is 0 Å². The summed E-state index contributed by atoms with van der Waals surface area (Å²) in [5.74, 6) is 3.09. The Morgan fingerprint density at radius 2 is 1.94 bits per heavy atom. The molecule has 0 saturated heterocycles. The van der Waals surface area contributed by atoms with Crippen molar-refractivity contribution in [1.82, 2.24) is 5.32 Å². The van der Waals surface area contributed by atoms with Gasteiger partial charge in [0.25, 0.3) is 0 Å². The van der Waals surface area contributed by atoms with Crippen LogP contribution in [-0.4, -0.2) is 24.1 Å². The van der Waals surface area contributed by atoms with E-state index in [1.165, 1.54) is 31.4 Å². The quantitative estimate of drug-likeness (QED) is 0.786. The Bertz CT molecular complexity index is 234. The maximum absolute atomic E-state index is 3.55. The van der Waals surface area contributed by atoms with Crippen LogP contribution in [0.25, 0.3) is 0 Å². The normalized spacial score (nSPS) is 31.3. The monoisotopic (exact) mass is 271 g/mol. The van der Waals surface area contributed by atoms with E-state index >= 15 is 0 Å². The Hall–Kier alpha value is 0.310. The van der Waals surface area contributed by atoms with Crippen molar-refractivity contribution in [3.8, 4) is 0 Å². The van der Waals surface area contributed by atoms with Gasteiger partial charge < -0.3 is 5.32 Å². The summed E-state index contributed by atoms with van der Waals surface area (Å²) >= 11 is 2.22. The van der Waals surface area contributed by atoms with Crippen molar-refractivity contribution in [1.29, 1.82) is 0 Å². The molecule has 0 aliphatic heterocycles. The van der Waals surface area contributed by atoms with Crippen molar-refractivity contribution in [2.45, 2.75) is 71.6 Å². The van der Waals surface area contributed by atoms with E-state index < -0.39 is 0 Å². The highest BCUT2D eigenvalue weighted by Gasteiger charge is 2.35. The maximum atomic E-state index is 3.55. The van der Waals surface area contributed by atoms with Crippen LogP contribution in [0.3, 0.4) is 0 Å². The van der Waals surface area contributed by atoms with Crippen LogP contribution in [0.5, 0.6) is 0 Å². The second-order valence-electron chi connectivity index (χ2n) is 7.16. The Balaban J connectivity index is 2.54. The minimum atomic E-state index is 0.480. The molecule has 4 atom stereocenters. The summed E-state index contributed by atoms with van der Waals surface area (Å²) in [6.07, 6.45) is 5.47. The third-order valence-corrected chi connectivity index (χ3v) is 6.39. The molecule has 18 heavy (non-hydrogen) atoms. The Morgan fingerprint density at radius 1 is 1.28 bits per heavy atom. The van der Waals surface area contributed by atoms with E-state index in [2.05, 4.69) is 58.7 Å². The summed E-state index contributed by atoms with van der Waals surface area (Å²) < 4.78 is 0. The highest BCUT2D eigenvalue weighted by molar-refractivity contribution is 7.99. The lowest BCUT2D eigenvalue weighted by Gasteiger charge is -2.41. The van der Waals surface area contributed by atoms with Crippen molar-refractivity contribution < 1.29 is 0 Å². The fraction of sp³-hybridized carbons (Fsp3) is 1.00. The van der Waals surface area contributed by atoms with Gasteiger partial charge in [0, 0.05) is 11.3 Å². The molecule has 0 aromatic rings. The van der Waals surface area contributed by atoms with Gasteiger partial charge in [-0.1, -0.05) is 41.0 Å². The van der Waals surface area contributed by atoms with Crippen molar-refractivity contribution in [2.24, 2.45) is 17.3 Å². The van der Waals surface area contributed by atoms with Crippen LogP contribution in [0.4, 0.5) is 0 Å². The topological polar surface area (TPSA) is 12.0 Å². The first-order valence-electron chi connectivity index (χ1n) is 7.67. The first-order valence-corrected chi connectivity index (χ1v) is 8.72. The summed E-state index contributed by atoms with van der Waals surface area (Å²) in [4.78, 5) is 0. The number of thioether (sulfide) groups is 1. The van der Waals surface area contributed by atoms with Gasteiger partial charge in [0.05, 0.1) is 0 Å². The molecule has 1 nitrogen and oxygen atoms in total. The fourth-order valence-corrected chi connectivity index (χ4v) is 4.52. The summed E-state index contributed by atoms with van der Waals surface area (Å²) in [7, 11) is 2.14. The average molecular weight is 272 g/mol. The molecule has 1 fully saturated rings. The number of rotatable bonds is 5. The maximum Gasteiger partial charge on any atom is 0.0204 e. The first-order chi connectivity index (χ1) is 8.38.